The quantitative estimate of drug-likeness (QED) is 0.0430. The molecule has 0 fully saturated rings. The van der Waals surface area contributed by atoms with Crippen molar-refractivity contribution in [1.82, 2.24) is 0 Å². The zero-order chi connectivity index (χ0) is 32.2. The first-order valence-electron chi connectivity index (χ1n) is 12.8. The topological polar surface area (TPSA) is 220 Å². The number of aromatic hydroxyl groups is 2. The van der Waals surface area contributed by atoms with Crippen molar-refractivity contribution < 1.29 is 60.4 Å². The Morgan fingerprint density at radius 3 is 2.09 bits per heavy atom. The van der Waals surface area contributed by atoms with Gasteiger partial charge in [0, 0.05) is 36.6 Å². The minimum absolute atomic E-state index is 0. The van der Waals surface area contributed by atoms with Crippen molar-refractivity contribution in [2.45, 2.75) is 9.79 Å². The molecule has 14 nitrogen and oxygen atoms in total. The van der Waals surface area contributed by atoms with E-state index >= 15 is 0 Å². The van der Waals surface area contributed by atoms with Gasteiger partial charge in [-0.25, -0.2) is 0 Å². The SMILES string of the molecule is O=S(=O)(O)c1cccc(N=Nc2ccc(N=Nc3c(S(=O)(=O)O)cc4cc(NCOc5ccccc5)ccc4c3O)c(O)c2)c1.[Zn]. The Kier molecular flexibility index (Phi) is 10.4. The molecule has 0 saturated carbocycles. The number of ether oxygens (including phenoxy) is 1. The Labute approximate surface area is 275 Å². The summed E-state index contributed by atoms with van der Waals surface area (Å²) in [5, 5.41) is 40.3. The summed E-state index contributed by atoms with van der Waals surface area (Å²) in [5.41, 5.74) is 0.0960. The first-order chi connectivity index (χ1) is 21.4. The van der Waals surface area contributed by atoms with Gasteiger partial charge < -0.3 is 20.3 Å². The van der Waals surface area contributed by atoms with Crippen LogP contribution in [0.2, 0.25) is 0 Å². The zero-order valence-corrected chi connectivity index (χ0v) is 28.2. The predicted molar refractivity (Wildman–Crippen MR) is 164 cm³/mol. The summed E-state index contributed by atoms with van der Waals surface area (Å²) in [5.74, 6) is -0.377. The van der Waals surface area contributed by atoms with Crippen molar-refractivity contribution in [3.63, 3.8) is 0 Å². The molecule has 46 heavy (non-hydrogen) atoms. The summed E-state index contributed by atoms with van der Waals surface area (Å²) < 4.78 is 71.8. The predicted octanol–water partition coefficient (Wildman–Crippen LogP) is 7.02. The van der Waals surface area contributed by atoms with Crippen LogP contribution >= 0.6 is 0 Å². The van der Waals surface area contributed by atoms with Crippen molar-refractivity contribution in [2.24, 2.45) is 20.5 Å². The summed E-state index contributed by atoms with van der Waals surface area (Å²) >= 11 is 0. The van der Waals surface area contributed by atoms with Crippen LogP contribution < -0.4 is 10.1 Å². The molecule has 0 bridgehead atoms. The molecule has 0 aliphatic rings. The number of azo groups is 2. The van der Waals surface area contributed by atoms with Gasteiger partial charge in [-0.2, -0.15) is 27.1 Å². The first-order valence-corrected chi connectivity index (χ1v) is 15.7. The van der Waals surface area contributed by atoms with E-state index in [9.17, 15) is 36.2 Å². The minimum Gasteiger partial charge on any atom is -0.506 e. The fourth-order valence-corrected chi connectivity index (χ4v) is 5.24. The number of hydrogen-bond acceptors (Lipinski definition) is 12. The fourth-order valence-electron chi connectivity index (χ4n) is 4.06. The van der Waals surface area contributed by atoms with E-state index in [1.165, 1.54) is 36.4 Å². The van der Waals surface area contributed by atoms with Crippen LogP contribution in [0.3, 0.4) is 0 Å². The van der Waals surface area contributed by atoms with Crippen LogP contribution in [0, 0.1) is 0 Å². The average molecular weight is 715 g/mol. The van der Waals surface area contributed by atoms with Gasteiger partial charge in [0.1, 0.15) is 27.8 Å². The summed E-state index contributed by atoms with van der Waals surface area (Å²) in [6.45, 7) is 0.101. The minimum atomic E-state index is -4.88. The number of phenols is 2. The van der Waals surface area contributed by atoms with Crippen LogP contribution in [-0.2, 0) is 39.7 Å². The van der Waals surface area contributed by atoms with Crippen molar-refractivity contribution in [1.29, 1.82) is 0 Å². The molecular formula is C29H23N5O9S2Zn. The van der Waals surface area contributed by atoms with E-state index in [0.717, 1.165) is 18.2 Å². The molecular weight excluding hydrogens is 692 g/mol. The Bertz CT molecular complexity index is 2180. The molecule has 5 N–H and O–H groups in total. The second kappa shape index (κ2) is 14.1. The van der Waals surface area contributed by atoms with Crippen molar-refractivity contribution in [3.8, 4) is 17.2 Å². The molecule has 0 aromatic heterocycles. The van der Waals surface area contributed by atoms with Crippen LogP contribution in [-0.4, -0.2) is 42.9 Å². The van der Waals surface area contributed by atoms with Crippen LogP contribution in [0.25, 0.3) is 10.8 Å². The van der Waals surface area contributed by atoms with Gasteiger partial charge >= 0.3 is 0 Å². The van der Waals surface area contributed by atoms with Crippen LogP contribution in [0.15, 0.2) is 127 Å². The molecule has 5 aromatic carbocycles. The van der Waals surface area contributed by atoms with Crippen LogP contribution in [0.5, 0.6) is 17.2 Å². The van der Waals surface area contributed by atoms with E-state index in [0.29, 0.717) is 11.4 Å². The smallest absolute Gasteiger partial charge is 0.296 e. The van der Waals surface area contributed by atoms with Crippen LogP contribution in [0.1, 0.15) is 0 Å². The second-order valence-electron chi connectivity index (χ2n) is 9.31. The normalized spacial score (nSPS) is 12.0. The molecule has 17 heteroatoms. The number of para-hydroxylation sites is 1. The molecule has 0 saturated heterocycles. The molecule has 0 spiro atoms. The molecule has 0 unspecified atom stereocenters. The van der Waals surface area contributed by atoms with Gasteiger partial charge in [-0.1, -0.05) is 24.3 Å². The van der Waals surface area contributed by atoms with Gasteiger partial charge in [0.25, 0.3) is 20.2 Å². The number of rotatable bonds is 10. The molecule has 232 valence electrons. The van der Waals surface area contributed by atoms with E-state index in [2.05, 4.69) is 25.8 Å². The number of phenolic OH excluding ortho intramolecular Hbond substituents is 2. The third-order valence-corrected chi connectivity index (χ3v) is 7.92. The maximum atomic E-state index is 12.2. The molecule has 5 aromatic rings. The summed E-state index contributed by atoms with van der Waals surface area (Å²) in [7, 11) is -9.32. The Hall–Kier alpha value is -4.80. The largest absolute Gasteiger partial charge is 0.506 e. The van der Waals surface area contributed by atoms with E-state index in [1.807, 2.05) is 18.2 Å². The average Bonchev–Trinajstić information content (AvgIpc) is 3.00. The summed E-state index contributed by atoms with van der Waals surface area (Å²) in [6.07, 6.45) is 0. The molecule has 0 amide bonds. The zero-order valence-electron chi connectivity index (χ0n) is 23.6. The Morgan fingerprint density at radius 1 is 0.696 bits per heavy atom. The van der Waals surface area contributed by atoms with E-state index < -0.39 is 42.3 Å². The monoisotopic (exact) mass is 713 g/mol. The molecule has 0 radical (unpaired) electrons. The fraction of sp³-hybridized carbons (Fsp3) is 0.0345. The van der Waals surface area contributed by atoms with E-state index in [-0.39, 0.29) is 58.9 Å². The number of fused-ring (bicyclic) bond motifs is 1. The molecule has 0 heterocycles. The molecule has 0 aliphatic heterocycles. The van der Waals surface area contributed by atoms with Gasteiger partial charge in [0.15, 0.2) is 12.5 Å². The number of hydrogen-bond donors (Lipinski definition) is 5. The third kappa shape index (κ3) is 8.27. The molecule has 0 atom stereocenters. The second-order valence-corrected chi connectivity index (χ2v) is 12.1. The third-order valence-electron chi connectivity index (χ3n) is 6.20. The van der Waals surface area contributed by atoms with Gasteiger partial charge in [0.05, 0.1) is 16.3 Å². The molecule has 5 rings (SSSR count). The maximum Gasteiger partial charge on any atom is 0.296 e. The molecule has 0 aliphatic carbocycles. The van der Waals surface area contributed by atoms with Crippen molar-refractivity contribution >= 4 is 59.4 Å². The summed E-state index contributed by atoms with van der Waals surface area (Å²) in [6, 6.07) is 23.8. The van der Waals surface area contributed by atoms with Gasteiger partial charge in [-0.3, -0.25) is 9.11 Å². The van der Waals surface area contributed by atoms with Crippen molar-refractivity contribution in [2.75, 3.05) is 12.0 Å². The van der Waals surface area contributed by atoms with Gasteiger partial charge in [-0.05, 0) is 72.1 Å². The Morgan fingerprint density at radius 2 is 1.41 bits per heavy atom. The number of nitrogens with zero attached hydrogens (tertiary/aromatic N) is 4. The van der Waals surface area contributed by atoms with Crippen LogP contribution in [0.4, 0.5) is 28.4 Å². The standard InChI is InChI=1S/C29H23N5O9S2.Zn/c35-26-16-21(32-31-20-5-4-8-23(15-20)44(37,38)39)10-12-25(26)33-34-28-27(45(40,41)42)14-18-13-19(9-11-24(18)29(28)36)30-17-43-22-6-2-1-3-7-22;/h1-16,30,35-36H,17H2,(H,37,38,39)(H,40,41,42);. The van der Waals surface area contributed by atoms with Gasteiger partial charge in [-0.15, -0.1) is 10.2 Å². The summed E-state index contributed by atoms with van der Waals surface area (Å²) in [4.78, 5) is -1.09. The number of anilines is 1. The van der Waals surface area contributed by atoms with Crippen molar-refractivity contribution in [3.05, 3.63) is 97.1 Å². The first kappa shape index (κ1) is 34.1. The number of benzene rings is 5. The van der Waals surface area contributed by atoms with E-state index in [4.69, 9.17) is 4.74 Å². The Balaban J connectivity index is 0.00000480. The van der Waals surface area contributed by atoms with E-state index in [1.54, 1.807) is 24.3 Å². The van der Waals surface area contributed by atoms with Gasteiger partial charge in [0.2, 0.25) is 0 Å². The number of nitrogens with one attached hydrogen (secondary N) is 1. The maximum absolute atomic E-state index is 12.2.